The topological polar surface area (TPSA) is 66.9 Å². The molecule has 166 valence electrons. The van der Waals surface area contributed by atoms with Gasteiger partial charge in [-0.1, -0.05) is 18.5 Å². The van der Waals surface area contributed by atoms with Crippen molar-refractivity contribution in [1.82, 2.24) is 4.31 Å². The molecule has 2 aliphatic rings. The number of amides is 1. The normalized spacial score (nSPS) is 19.7. The van der Waals surface area contributed by atoms with Gasteiger partial charge in [0.1, 0.15) is 10.6 Å². The second-order valence-corrected chi connectivity index (χ2v) is 10.6. The monoisotopic (exact) mass is 462 g/mol. The van der Waals surface area contributed by atoms with Gasteiger partial charge < -0.3 is 9.64 Å². The SMILES string of the molecule is COc1ccc2c(c1)CCCN2C(=O)c1ccc(Cl)c(S(=O)(=O)N2CCCC(C)C2)c1. The van der Waals surface area contributed by atoms with Crippen LogP contribution in [0.25, 0.3) is 0 Å². The first-order valence-electron chi connectivity index (χ1n) is 10.6. The van der Waals surface area contributed by atoms with E-state index in [1.807, 2.05) is 25.1 Å². The van der Waals surface area contributed by atoms with Crippen LogP contribution < -0.4 is 9.64 Å². The third-order valence-electron chi connectivity index (χ3n) is 6.07. The zero-order valence-corrected chi connectivity index (χ0v) is 19.4. The van der Waals surface area contributed by atoms with Crippen LogP contribution in [0, 0.1) is 5.92 Å². The van der Waals surface area contributed by atoms with Crippen LogP contribution >= 0.6 is 11.6 Å². The Labute approximate surface area is 188 Å². The Balaban J connectivity index is 1.67. The van der Waals surface area contributed by atoms with Crippen molar-refractivity contribution in [3.63, 3.8) is 0 Å². The number of nitrogens with zero attached hydrogens (tertiary/aromatic N) is 2. The van der Waals surface area contributed by atoms with Crippen molar-refractivity contribution >= 4 is 33.2 Å². The highest BCUT2D eigenvalue weighted by Crippen LogP contribution is 2.33. The third kappa shape index (κ3) is 4.31. The summed E-state index contributed by atoms with van der Waals surface area (Å²) in [6.45, 7) is 3.57. The fourth-order valence-electron chi connectivity index (χ4n) is 4.41. The number of hydrogen-bond donors (Lipinski definition) is 0. The minimum atomic E-state index is -3.77. The molecule has 1 fully saturated rings. The molecule has 0 radical (unpaired) electrons. The highest BCUT2D eigenvalue weighted by atomic mass is 35.5. The lowest BCUT2D eigenvalue weighted by atomic mass is 10.0. The maximum atomic E-state index is 13.4. The zero-order valence-electron chi connectivity index (χ0n) is 17.8. The summed E-state index contributed by atoms with van der Waals surface area (Å²) in [5.41, 5.74) is 2.20. The van der Waals surface area contributed by atoms with Gasteiger partial charge in [0, 0.05) is 30.9 Å². The van der Waals surface area contributed by atoms with Crippen LogP contribution in [0.4, 0.5) is 5.69 Å². The fourth-order valence-corrected chi connectivity index (χ4v) is 6.50. The molecule has 1 amide bonds. The predicted octanol–water partition coefficient (Wildman–Crippen LogP) is 4.36. The summed E-state index contributed by atoms with van der Waals surface area (Å²) < 4.78 is 33.3. The number of piperidine rings is 1. The number of fused-ring (bicyclic) bond motifs is 1. The largest absolute Gasteiger partial charge is 0.497 e. The molecule has 0 aromatic heterocycles. The van der Waals surface area contributed by atoms with E-state index in [0.717, 1.165) is 42.7 Å². The molecule has 4 rings (SSSR count). The molecule has 0 spiro atoms. The number of carbonyl (C=O) groups is 1. The first kappa shape index (κ1) is 22.1. The summed E-state index contributed by atoms with van der Waals surface area (Å²) in [5.74, 6) is 0.823. The molecule has 0 bridgehead atoms. The molecule has 0 aliphatic carbocycles. The Hall–Kier alpha value is -2.09. The summed E-state index contributed by atoms with van der Waals surface area (Å²) in [7, 11) is -2.15. The molecule has 1 saturated heterocycles. The number of sulfonamides is 1. The summed E-state index contributed by atoms with van der Waals surface area (Å²) >= 11 is 6.30. The van der Waals surface area contributed by atoms with Crippen LogP contribution in [0.15, 0.2) is 41.3 Å². The van der Waals surface area contributed by atoms with Crippen LogP contribution in [-0.2, 0) is 16.4 Å². The first-order valence-corrected chi connectivity index (χ1v) is 12.4. The predicted molar refractivity (Wildman–Crippen MR) is 122 cm³/mol. The maximum absolute atomic E-state index is 13.4. The molecule has 2 aromatic carbocycles. The first-order chi connectivity index (χ1) is 14.8. The van der Waals surface area contributed by atoms with Crippen LogP contribution in [0.3, 0.4) is 0 Å². The molecule has 0 N–H and O–H groups in total. The molecule has 2 heterocycles. The molecular formula is C23H27ClN2O4S. The van der Waals surface area contributed by atoms with Gasteiger partial charge in [0.2, 0.25) is 10.0 Å². The molecule has 6 nitrogen and oxygen atoms in total. The highest BCUT2D eigenvalue weighted by Gasteiger charge is 2.32. The number of aryl methyl sites for hydroxylation is 1. The Morgan fingerprint density at radius 2 is 1.94 bits per heavy atom. The van der Waals surface area contributed by atoms with Gasteiger partial charge >= 0.3 is 0 Å². The zero-order chi connectivity index (χ0) is 22.2. The van der Waals surface area contributed by atoms with Gasteiger partial charge in [0.15, 0.2) is 0 Å². The average Bonchev–Trinajstić information content (AvgIpc) is 2.78. The quantitative estimate of drug-likeness (QED) is 0.677. The second-order valence-electron chi connectivity index (χ2n) is 8.31. The van der Waals surface area contributed by atoms with Crippen molar-refractivity contribution in [3.05, 3.63) is 52.5 Å². The lowest BCUT2D eigenvalue weighted by Gasteiger charge is -2.31. The molecular weight excluding hydrogens is 436 g/mol. The van der Waals surface area contributed by atoms with Crippen LogP contribution in [0.1, 0.15) is 42.1 Å². The molecule has 2 aromatic rings. The van der Waals surface area contributed by atoms with E-state index < -0.39 is 10.0 Å². The summed E-state index contributed by atoms with van der Waals surface area (Å²) in [5, 5.41) is 0.138. The van der Waals surface area contributed by atoms with Gasteiger partial charge in [-0.3, -0.25) is 4.79 Å². The van der Waals surface area contributed by atoms with Gasteiger partial charge in [0.25, 0.3) is 5.91 Å². The van der Waals surface area contributed by atoms with E-state index in [9.17, 15) is 13.2 Å². The van der Waals surface area contributed by atoms with Gasteiger partial charge in [0.05, 0.1) is 12.1 Å². The standard InChI is InChI=1S/C23H27ClN2O4S/c1-16-5-3-11-25(15-16)31(28,29)22-14-18(7-9-20(22)24)23(27)26-12-4-6-17-13-19(30-2)8-10-21(17)26/h7-10,13-14,16H,3-6,11-12,15H2,1-2H3. The van der Waals surface area contributed by atoms with Gasteiger partial charge in [-0.15, -0.1) is 0 Å². The second kappa shape index (κ2) is 8.81. The minimum absolute atomic E-state index is 0.00100. The summed E-state index contributed by atoms with van der Waals surface area (Å²) in [6.07, 6.45) is 3.53. The smallest absolute Gasteiger partial charge is 0.258 e. The van der Waals surface area contributed by atoms with Crippen molar-refractivity contribution in [3.8, 4) is 5.75 Å². The number of hydrogen-bond acceptors (Lipinski definition) is 4. The number of methoxy groups -OCH3 is 1. The van der Waals surface area contributed by atoms with Crippen LogP contribution in [0.5, 0.6) is 5.75 Å². The molecule has 8 heteroatoms. The number of carbonyl (C=O) groups excluding carboxylic acids is 1. The molecule has 1 unspecified atom stereocenters. The maximum Gasteiger partial charge on any atom is 0.258 e. The Bertz CT molecular complexity index is 1100. The van der Waals surface area contributed by atoms with E-state index in [2.05, 4.69) is 0 Å². The number of benzene rings is 2. The van der Waals surface area contributed by atoms with Gasteiger partial charge in [-0.2, -0.15) is 4.31 Å². The van der Waals surface area contributed by atoms with Gasteiger partial charge in [-0.25, -0.2) is 8.42 Å². The van der Waals surface area contributed by atoms with Crippen molar-refractivity contribution in [2.75, 3.05) is 31.6 Å². The minimum Gasteiger partial charge on any atom is -0.497 e. The molecule has 1 atom stereocenters. The third-order valence-corrected chi connectivity index (χ3v) is 8.41. The van der Waals surface area contributed by atoms with Gasteiger partial charge in [-0.05, 0) is 73.6 Å². The van der Waals surface area contributed by atoms with Crippen LogP contribution in [-0.4, -0.2) is 45.4 Å². The summed E-state index contributed by atoms with van der Waals surface area (Å²) in [4.78, 5) is 15.1. The lowest BCUT2D eigenvalue weighted by Crippen LogP contribution is -2.39. The van der Waals surface area contributed by atoms with E-state index in [4.69, 9.17) is 16.3 Å². The van der Waals surface area contributed by atoms with E-state index in [0.29, 0.717) is 31.1 Å². The molecule has 0 saturated carbocycles. The number of halogens is 1. The number of anilines is 1. The Morgan fingerprint density at radius 3 is 2.68 bits per heavy atom. The van der Waals surface area contributed by atoms with Crippen molar-refractivity contribution in [2.45, 2.75) is 37.5 Å². The van der Waals surface area contributed by atoms with E-state index in [1.165, 1.54) is 16.4 Å². The Morgan fingerprint density at radius 1 is 1.13 bits per heavy atom. The van der Waals surface area contributed by atoms with Crippen molar-refractivity contribution in [2.24, 2.45) is 5.92 Å². The molecule has 31 heavy (non-hydrogen) atoms. The average molecular weight is 463 g/mol. The highest BCUT2D eigenvalue weighted by molar-refractivity contribution is 7.89. The fraction of sp³-hybridized carbons (Fsp3) is 0.435. The van der Waals surface area contributed by atoms with E-state index in [1.54, 1.807) is 18.1 Å². The molecule has 2 aliphatic heterocycles. The summed E-state index contributed by atoms with van der Waals surface area (Å²) in [6, 6.07) is 10.2. The van der Waals surface area contributed by atoms with Crippen molar-refractivity contribution in [1.29, 1.82) is 0 Å². The lowest BCUT2D eigenvalue weighted by molar-refractivity contribution is 0.0985. The number of ether oxygens (including phenoxy) is 1. The van der Waals surface area contributed by atoms with E-state index >= 15 is 0 Å². The van der Waals surface area contributed by atoms with Crippen molar-refractivity contribution < 1.29 is 17.9 Å². The van der Waals surface area contributed by atoms with E-state index in [-0.39, 0.29) is 15.8 Å². The van der Waals surface area contributed by atoms with Crippen LogP contribution in [0.2, 0.25) is 5.02 Å². The Kier molecular flexibility index (Phi) is 6.28. The number of rotatable bonds is 4.